The number of hydrogen-bond donors (Lipinski definition) is 2. The van der Waals surface area contributed by atoms with E-state index in [1.807, 2.05) is 0 Å². The van der Waals surface area contributed by atoms with Crippen molar-refractivity contribution in [3.05, 3.63) is 22.1 Å². The third-order valence-electron chi connectivity index (χ3n) is 1.93. The first kappa shape index (κ1) is 12.1. The lowest BCUT2D eigenvalue weighted by molar-refractivity contribution is 0.102. The first-order chi connectivity index (χ1) is 7.60. The Kier molecular flexibility index (Phi) is 3.93. The van der Waals surface area contributed by atoms with Crippen LogP contribution in [0, 0.1) is 0 Å². The van der Waals surface area contributed by atoms with Crippen LogP contribution < -0.4 is 10.3 Å². The molecule has 1 heterocycles. The van der Waals surface area contributed by atoms with Crippen LogP contribution in [-0.4, -0.2) is 22.9 Å². The number of carbonyl (C=O) groups excluding carboxylic acids is 1. The molecule has 6 heteroatoms. The second-order valence-electron chi connectivity index (χ2n) is 2.96. The van der Waals surface area contributed by atoms with Gasteiger partial charge in [0.1, 0.15) is 0 Å². The van der Waals surface area contributed by atoms with E-state index in [1.165, 1.54) is 6.20 Å². The van der Waals surface area contributed by atoms with Crippen molar-refractivity contribution in [2.24, 2.45) is 0 Å². The van der Waals surface area contributed by atoms with Crippen molar-refractivity contribution < 1.29 is 19.4 Å². The van der Waals surface area contributed by atoms with E-state index in [-0.39, 0.29) is 12.4 Å². The summed E-state index contributed by atoms with van der Waals surface area (Å²) in [7, 11) is 0. The molecule has 0 fully saturated rings. The van der Waals surface area contributed by atoms with Crippen LogP contribution in [-0.2, 0) is 11.2 Å². The van der Waals surface area contributed by atoms with Crippen LogP contribution in [0.4, 0.5) is 4.79 Å². The van der Waals surface area contributed by atoms with Gasteiger partial charge in [0.2, 0.25) is 5.75 Å². The molecule has 0 radical (unpaired) electrons. The van der Waals surface area contributed by atoms with Gasteiger partial charge in [0.05, 0.1) is 6.61 Å². The molecular weight excluding hydrogens is 214 g/mol. The maximum atomic E-state index is 11.3. The number of rotatable bonds is 3. The average molecular weight is 227 g/mol. The van der Waals surface area contributed by atoms with Crippen LogP contribution >= 0.6 is 0 Å². The van der Waals surface area contributed by atoms with Crippen LogP contribution in [0.2, 0.25) is 0 Å². The molecule has 16 heavy (non-hydrogen) atoms. The predicted octanol–water partition coefficient (Wildman–Crippen LogP) is 1.18. The highest BCUT2D eigenvalue weighted by Gasteiger charge is 2.16. The van der Waals surface area contributed by atoms with E-state index < -0.39 is 17.5 Å². The number of aryl methyl sites for hydroxylation is 1. The van der Waals surface area contributed by atoms with E-state index in [4.69, 9.17) is 0 Å². The standard InChI is InChI=1S/C10H13NO5/c1-3-6-5-11-9(13)8(7(6)12)16-10(14)15-4-2/h5H,3-4H2,1-2H3,(H2,11,12,13). The monoisotopic (exact) mass is 227 g/mol. The normalized spacial score (nSPS) is 9.88. The van der Waals surface area contributed by atoms with Crippen molar-refractivity contribution in [3.8, 4) is 11.5 Å². The summed E-state index contributed by atoms with van der Waals surface area (Å²) in [6.45, 7) is 3.53. The molecule has 1 aromatic heterocycles. The first-order valence-electron chi connectivity index (χ1n) is 4.88. The Hall–Kier alpha value is -1.98. The first-order valence-corrected chi connectivity index (χ1v) is 4.88. The van der Waals surface area contributed by atoms with Gasteiger partial charge < -0.3 is 19.6 Å². The van der Waals surface area contributed by atoms with Crippen molar-refractivity contribution in [1.82, 2.24) is 4.98 Å². The van der Waals surface area contributed by atoms with Crippen LogP contribution in [0.1, 0.15) is 19.4 Å². The minimum absolute atomic E-state index is 0.130. The van der Waals surface area contributed by atoms with Gasteiger partial charge in [-0.05, 0) is 13.3 Å². The largest absolute Gasteiger partial charge is 0.514 e. The van der Waals surface area contributed by atoms with E-state index in [0.717, 1.165) is 0 Å². The Labute approximate surface area is 91.8 Å². The summed E-state index contributed by atoms with van der Waals surface area (Å²) >= 11 is 0. The second-order valence-corrected chi connectivity index (χ2v) is 2.96. The molecule has 0 saturated heterocycles. The van der Waals surface area contributed by atoms with Crippen molar-refractivity contribution in [1.29, 1.82) is 0 Å². The number of aromatic nitrogens is 1. The predicted molar refractivity (Wildman–Crippen MR) is 55.8 cm³/mol. The molecule has 0 atom stereocenters. The Morgan fingerprint density at radius 2 is 2.19 bits per heavy atom. The van der Waals surface area contributed by atoms with E-state index >= 15 is 0 Å². The molecular formula is C10H13NO5. The topological polar surface area (TPSA) is 88.6 Å². The number of nitrogens with one attached hydrogen (secondary N) is 1. The summed E-state index contributed by atoms with van der Waals surface area (Å²) < 4.78 is 9.11. The van der Waals surface area contributed by atoms with E-state index in [0.29, 0.717) is 12.0 Å². The molecule has 6 nitrogen and oxygen atoms in total. The number of carbonyl (C=O) groups is 1. The SMILES string of the molecule is CCOC(=O)Oc1c(O)c(CC)c[nH]c1=O. The number of aromatic amines is 1. The zero-order valence-corrected chi connectivity index (χ0v) is 9.07. The Balaban J connectivity index is 3.03. The lowest BCUT2D eigenvalue weighted by Crippen LogP contribution is -2.18. The highest BCUT2D eigenvalue weighted by Crippen LogP contribution is 2.25. The summed E-state index contributed by atoms with van der Waals surface area (Å²) in [4.78, 5) is 24.7. The Morgan fingerprint density at radius 1 is 1.50 bits per heavy atom. The van der Waals surface area contributed by atoms with Crippen LogP contribution in [0.15, 0.2) is 11.0 Å². The van der Waals surface area contributed by atoms with Gasteiger partial charge in [0.15, 0.2) is 5.75 Å². The maximum absolute atomic E-state index is 11.3. The van der Waals surface area contributed by atoms with E-state index in [9.17, 15) is 14.7 Å². The fraction of sp³-hybridized carbons (Fsp3) is 0.400. The maximum Gasteiger partial charge on any atom is 0.514 e. The van der Waals surface area contributed by atoms with Gasteiger partial charge in [-0.1, -0.05) is 6.92 Å². The molecule has 0 saturated carbocycles. The fourth-order valence-corrected chi connectivity index (χ4v) is 1.13. The van der Waals surface area contributed by atoms with Crippen LogP contribution in [0.5, 0.6) is 11.5 Å². The van der Waals surface area contributed by atoms with Crippen molar-refractivity contribution in [2.75, 3.05) is 6.61 Å². The van der Waals surface area contributed by atoms with Gasteiger partial charge in [-0.3, -0.25) is 4.79 Å². The number of ether oxygens (including phenoxy) is 2. The lowest BCUT2D eigenvalue weighted by Gasteiger charge is -2.07. The molecule has 0 amide bonds. The van der Waals surface area contributed by atoms with Crippen LogP contribution in [0.3, 0.4) is 0 Å². The number of pyridine rings is 1. The molecule has 0 bridgehead atoms. The zero-order chi connectivity index (χ0) is 12.1. The van der Waals surface area contributed by atoms with Gasteiger partial charge in [-0.2, -0.15) is 0 Å². The summed E-state index contributed by atoms with van der Waals surface area (Å²) in [5.41, 5.74) is -0.193. The Bertz CT molecular complexity index is 437. The fourth-order valence-electron chi connectivity index (χ4n) is 1.13. The van der Waals surface area contributed by atoms with Gasteiger partial charge in [-0.15, -0.1) is 0 Å². The highest BCUT2D eigenvalue weighted by atomic mass is 16.7. The quantitative estimate of drug-likeness (QED) is 0.757. The zero-order valence-electron chi connectivity index (χ0n) is 9.07. The van der Waals surface area contributed by atoms with Crippen molar-refractivity contribution in [2.45, 2.75) is 20.3 Å². The molecule has 0 aliphatic carbocycles. The van der Waals surface area contributed by atoms with Crippen molar-refractivity contribution >= 4 is 6.16 Å². The molecule has 0 unspecified atom stereocenters. The molecule has 2 N–H and O–H groups in total. The summed E-state index contributed by atoms with van der Waals surface area (Å²) in [6, 6.07) is 0. The highest BCUT2D eigenvalue weighted by molar-refractivity contribution is 5.65. The average Bonchev–Trinajstić information content (AvgIpc) is 2.25. The van der Waals surface area contributed by atoms with E-state index in [2.05, 4.69) is 14.5 Å². The minimum atomic E-state index is -1.02. The second kappa shape index (κ2) is 5.20. The van der Waals surface area contributed by atoms with Crippen molar-refractivity contribution in [3.63, 3.8) is 0 Å². The number of hydrogen-bond acceptors (Lipinski definition) is 5. The molecule has 0 aliphatic rings. The van der Waals surface area contributed by atoms with Gasteiger partial charge >= 0.3 is 6.16 Å². The number of aromatic hydroxyl groups is 1. The summed E-state index contributed by atoms with van der Waals surface area (Å²) in [5, 5.41) is 9.63. The Morgan fingerprint density at radius 3 is 2.75 bits per heavy atom. The van der Waals surface area contributed by atoms with Crippen LogP contribution in [0.25, 0.3) is 0 Å². The molecule has 0 spiro atoms. The smallest absolute Gasteiger partial charge is 0.504 e. The van der Waals surface area contributed by atoms with Gasteiger partial charge in [0, 0.05) is 11.8 Å². The third-order valence-corrected chi connectivity index (χ3v) is 1.93. The van der Waals surface area contributed by atoms with Gasteiger partial charge in [0.25, 0.3) is 5.56 Å². The summed E-state index contributed by atoms with van der Waals surface area (Å²) in [6.07, 6.45) is 0.855. The molecule has 0 aromatic carbocycles. The molecule has 88 valence electrons. The minimum Gasteiger partial charge on any atom is -0.504 e. The molecule has 1 rings (SSSR count). The lowest BCUT2D eigenvalue weighted by atomic mass is 10.2. The van der Waals surface area contributed by atoms with Gasteiger partial charge in [-0.25, -0.2) is 4.79 Å². The van der Waals surface area contributed by atoms with E-state index in [1.54, 1.807) is 13.8 Å². The number of H-pyrrole nitrogens is 1. The molecule has 1 aromatic rings. The molecule has 0 aliphatic heterocycles. The third kappa shape index (κ3) is 2.53. The summed E-state index contributed by atoms with van der Waals surface area (Å²) in [5.74, 6) is -0.767.